The van der Waals surface area contributed by atoms with Gasteiger partial charge < -0.3 is 10.0 Å². The summed E-state index contributed by atoms with van der Waals surface area (Å²) in [6, 6.07) is 1.06. The molecule has 3 nitrogen and oxygen atoms in total. The Kier molecular flexibility index (Phi) is 2.64. The van der Waals surface area contributed by atoms with Gasteiger partial charge in [0.1, 0.15) is 0 Å². The van der Waals surface area contributed by atoms with Gasteiger partial charge in [-0.3, -0.25) is 0 Å². The fourth-order valence-corrected chi connectivity index (χ4v) is 4.09. The molecule has 0 amide bonds. The molecule has 2 unspecified atom stereocenters. The monoisotopic (exact) mass is 238 g/mol. The molecule has 88 valence electrons. The fraction of sp³-hybridized carbons (Fsp3) is 0.750. The standard InChI is InChI=1S/C12H18N2OS/c1-2-8-7-16-12(13-8)14-9-3-4-10(14)6-11(15)5-9/h7,9-11,15H,2-6H2,1H3. The van der Waals surface area contributed by atoms with Gasteiger partial charge in [0.05, 0.1) is 11.8 Å². The summed E-state index contributed by atoms with van der Waals surface area (Å²) in [4.78, 5) is 7.15. The van der Waals surface area contributed by atoms with E-state index in [0.717, 1.165) is 19.3 Å². The predicted molar refractivity (Wildman–Crippen MR) is 66.0 cm³/mol. The van der Waals surface area contributed by atoms with Crippen molar-refractivity contribution >= 4 is 16.5 Å². The lowest BCUT2D eigenvalue weighted by atomic mass is 10.0. The van der Waals surface area contributed by atoms with Gasteiger partial charge in [0, 0.05) is 17.5 Å². The summed E-state index contributed by atoms with van der Waals surface area (Å²) in [5.74, 6) is 0. The SMILES string of the molecule is CCc1csc(N2C3CCC2CC(O)C3)n1. The van der Waals surface area contributed by atoms with E-state index < -0.39 is 0 Å². The van der Waals surface area contributed by atoms with Gasteiger partial charge in [0.25, 0.3) is 0 Å². The molecule has 16 heavy (non-hydrogen) atoms. The Morgan fingerprint density at radius 2 is 2.12 bits per heavy atom. The highest BCUT2D eigenvalue weighted by molar-refractivity contribution is 7.13. The van der Waals surface area contributed by atoms with Crippen LogP contribution in [-0.2, 0) is 6.42 Å². The van der Waals surface area contributed by atoms with Crippen molar-refractivity contribution in [3.63, 3.8) is 0 Å². The van der Waals surface area contributed by atoms with E-state index in [1.54, 1.807) is 11.3 Å². The molecule has 2 fully saturated rings. The summed E-state index contributed by atoms with van der Waals surface area (Å²) in [7, 11) is 0. The minimum atomic E-state index is -0.0839. The number of nitrogens with zero attached hydrogens (tertiary/aromatic N) is 2. The summed E-state index contributed by atoms with van der Waals surface area (Å²) in [5.41, 5.74) is 1.20. The summed E-state index contributed by atoms with van der Waals surface area (Å²) < 4.78 is 0. The number of hydrogen-bond acceptors (Lipinski definition) is 4. The number of aryl methyl sites for hydroxylation is 1. The normalized spacial score (nSPS) is 33.4. The Balaban J connectivity index is 1.85. The molecule has 2 atom stereocenters. The summed E-state index contributed by atoms with van der Waals surface area (Å²) in [5, 5.41) is 13.1. The van der Waals surface area contributed by atoms with Crippen molar-refractivity contribution in [3.8, 4) is 0 Å². The van der Waals surface area contributed by atoms with E-state index in [4.69, 9.17) is 0 Å². The molecule has 1 N–H and O–H groups in total. The highest BCUT2D eigenvalue weighted by Gasteiger charge is 2.41. The van der Waals surface area contributed by atoms with Crippen LogP contribution >= 0.6 is 11.3 Å². The average Bonchev–Trinajstić information content (AvgIpc) is 2.81. The topological polar surface area (TPSA) is 36.4 Å². The maximum atomic E-state index is 9.76. The van der Waals surface area contributed by atoms with E-state index in [1.807, 2.05) is 0 Å². The van der Waals surface area contributed by atoms with Crippen molar-refractivity contribution in [2.24, 2.45) is 0 Å². The zero-order valence-electron chi connectivity index (χ0n) is 9.59. The average molecular weight is 238 g/mol. The van der Waals surface area contributed by atoms with Gasteiger partial charge in [0.15, 0.2) is 5.13 Å². The highest BCUT2D eigenvalue weighted by Crippen LogP contribution is 2.40. The molecule has 2 aliphatic heterocycles. The summed E-state index contributed by atoms with van der Waals surface area (Å²) in [6.45, 7) is 2.15. The lowest BCUT2D eigenvalue weighted by Crippen LogP contribution is -2.44. The van der Waals surface area contributed by atoms with Crippen LogP contribution in [0.2, 0.25) is 0 Å². The molecule has 2 saturated heterocycles. The van der Waals surface area contributed by atoms with Crippen LogP contribution in [0.1, 0.15) is 38.3 Å². The summed E-state index contributed by atoms with van der Waals surface area (Å²) >= 11 is 1.76. The third-order valence-corrected chi connectivity index (χ3v) is 4.73. The third kappa shape index (κ3) is 1.64. The maximum Gasteiger partial charge on any atom is 0.186 e. The Hall–Kier alpha value is -0.610. The van der Waals surface area contributed by atoms with Crippen LogP contribution in [0.3, 0.4) is 0 Å². The molecule has 0 spiro atoms. The fourth-order valence-electron chi connectivity index (χ4n) is 3.04. The lowest BCUT2D eigenvalue weighted by Gasteiger charge is -2.37. The minimum absolute atomic E-state index is 0.0839. The van der Waals surface area contributed by atoms with Gasteiger partial charge >= 0.3 is 0 Å². The van der Waals surface area contributed by atoms with Crippen LogP contribution in [0.5, 0.6) is 0 Å². The Bertz CT molecular complexity index is 365. The number of piperidine rings is 1. The Morgan fingerprint density at radius 3 is 2.69 bits per heavy atom. The summed E-state index contributed by atoms with van der Waals surface area (Å²) in [6.07, 6.45) is 5.24. The zero-order valence-corrected chi connectivity index (χ0v) is 10.4. The lowest BCUT2D eigenvalue weighted by molar-refractivity contribution is 0.126. The van der Waals surface area contributed by atoms with Crippen molar-refractivity contribution in [1.82, 2.24) is 4.98 Å². The van der Waals surface area contributed by atoms with E-state index >= 15 is 0 Å². The second kappa shape index (κ2) is 4.00. The molecule has 3 rings (SSSR count). The number of anilines is 1. The van der Waals surface area contributed by atoms with Gasteiger partial charge in [-0.15, -0.1) is 11.3 Å². The molecule has 0 saturated carbocycles. The van der Waals surface area contributed by atoms with E-state index in [0.29, 0.717) is 12.1 Å². The molecule has 2 bridgehead atoms. The highest BCUT2D eigenvalue weighted by atomic mass is 32.1. The molecule has 3 heterocycles. The molecule has 2 aliphatic rings. The van der Waals surface area contributed by atoms with E-state index in [1.165, 1.54) is 23.7 Å². The minimum Gasteiger partial charge on any atom is -0.393 e. The van der Waals surface area contributed by atoms with Crippen LogP contribution in [0.4, 0.5) is 5.13 Å². The van der Waals surface area contributed by atoms with Crippen molar-refractivity contribution in [2.75, 3.05) is 4.90 Å². The molecule has 0 aliphatic carbocycles. The van der Waals surface area contributed by atoms with Gasteiger partial charge in [-0.1, -0.05) is 6.92 Å². The molecule has 1 aromatic heterocycles. The predicted octanol–water partition coefficient (Wildman–Crippen LogP) is 2.20. The number of hydrogen-bond donors (Lipinski definition) is 1. The van der Waals surface area contributed by atoms with Crippen LogP contribution in [0.15, 0.2) is 5.38 Å². The third-order valence-electron chi connectivity index (χ3n) is 3.83. The molecular weight excluding hydrogens is 220 g/mol. The van der Waals surface area contributed by atoms with E-state index in [9.17, 15) is 5.11 Å². The van der Waals surface area contributed by atoms with E-state index in [-0.39, 0.29) is 6.10 Å². The van der Waals surface area contributed by atoms with Crippen molar-refractivity contribution in [2.45, 2.75) is 57.2 Å². The second-order valence-electron chi connectivity index (χ2n) is 4.89. The molecule has 0 aromatic carbocycles. The van der Waals surface area contributed by atoms with Crippen molar-refractivity contribution in [3.05, 3.63) is 11.1 Å². The molecule has 0 radical (unpaired) electrons. The van der Waals surface area contributed by atoms with Crippen LogP contribution < -0.4 is 4.90 Å². The first-order valence-electron chi connectivity index (χ1n) is 6.18. The smallest absolute Gasteiger partial charge is 0.186 e. The van der Waals surface area contributed by atoms with Gasteiger partial charge in [-0.25, -0.2) is 4.98 Å². The number of fused-ring (bicyclic) bond motifs is 2. The van der Waals surface area contributed by atoms with Gasteiger partial charge in [0.2, 0.25) is 0 Å². The number of aromatic nitrogens is 1. The number of aliphatic hydroxyl groups excluding tert-OH is 1. The van der Waals surface area contributed by atoms with Crippen LogP contribution in [-0.4, -0.2) is 28.3 Å². The first-order chi connectivity index (χ1) is 7.78. The first kappa shape index (κ1) is 10.5. The van der Waals surface area contributed by atoms with Crippen molar-refractivity contribution < 1.29 is 5.11 Å². The largest absolute Gasteiger partial charge is 0.393 e. The van der Waals surface area contributed by atoms with Crippen LogP contribution in [0.25, 0.3) is 0 Å². The second-order valence-corrected chi connectivity index (χ2v) is 5.73. The molecule has 4 heteroatoms. The quantitative estimate of drug-likeness (QED) is 0.858. The number of aliphatic hydroxyl groups is 1. The number of thiazole rings is 1. The van der Waals surface area contributed by atoms with E-state index in [2.05, 4.69) is 22.2 Å². The van der Waals surface area contributed by atoms with Gasteiger partial charge in [-0.2, -0.15) is 0 Å². The maximum absolute atomic E-state index is 9.76. The van der Waals surface area contributed by atoms with Crippen LogP contribution in [0, 0.1) is 0 Å². The molecular formula is C12H18N2OS. The number of rotatable bonds is 2. The Labute approximate surface area is 100 Å². The Morgan fingerprint density at radius 1 is 1.44 bits per heavy atom. The first-order valence-corrected chi connectivity index (χ1v) is 7.06. The van der Waals surface area contributed by atoms with Crippen molar-refractivity contribution in [1.29, 1.82) is 0 Å². The molecule has 1 aromatic rings. The zero-order chi connectivity index (χ0) is 11.1. The van der Waals surface area contributed by atoms with Gasteiger partial charge in [-0.05, 0) is 32.1 Å².